The average Bonchev–Trinajstić information content (AvgIpc) is 2.99. The van der Waals surface area contributed by atoms with Crippen LogP contribution in [0.25, 0.3) is 0 Å². The summed E-state index contributed by atoms with van der Waals surface area (Å²) in [5.41, 5.74) is 4.31. The van der Waals surface area contributed by atoms with Gasteiger partial charge < -0.3 is 40.4 Å². The van der Waals surface area contributed by atoms with Crippen molar-refractivity contribution >= 4 is 17.5 Å². The van der Waals surface area contributed by atoms with Crippen molar-refractivity contribution in [3.63, 3.8) is 0 Å². The molecule has 1 heterocycles. The molecule has 0 aromatic heterocycles. The van der Waals surface area contributed by atoms with Gasteiger partial charge in [0, 0.05) is 42.0 Å². The minimum absolute atomic E-state index is 0.0256. The number of phenolic OH excluding ortho intramolecular Hbond substituents is 3. The van der Waals surface area contributed by atoms with E-state index in [0.29, 0.717) is 5.56 Å². The Kier molecular flexibility index (Phi) is 7.45. The molecule has 1 aliphatic heterocycles. The van der Waals surface area contributed by atoms with Crippen LogP contribution in [0.5, 0.6) is 17.2 Å². The van der Waals surface area contributed by atoms with Gasteiger partial charge in [-0.3, -0.25) is 9.59 Å². The maximum atomic E-state index is 13.6. The minimum atomic E-state index is -1.39. The van der Waals surface area contributed by atoms with Gasteiger partial charge in [-0.1, -0.05) is 37.3 Å². The number of hydrogen-bond donors (Lipinski definition) is 5. The summed E-state index contributed by atoms with van der Waals surface area (Å²) in [7, 11) is 0. The highest BCUT2D eigenvalue weighted by atomic mass is 16.7. The summed E-state index contributed by atoms with van der Waals surface area (Å²) in [5, 5.41) is 44.8. The number of ketones is 2. The summed E-state index contributed by atoms with van der Waals surface area (Å²) in [6.45, 7) is 3.44. The van der Waals surface area contributed by atoms with Crippen molar-refractivity contribution in [1.29, 1.82) is 0 Å². The van der Waals surface area contributed by atoms with E-state index in [2.05, 4.69) is 0 Å². The lowest BCUT2D eigenvalue weighted by molar-refractivity contribution is -0.247. The van der Waals surface area contributed by atoms with Crippen LogP contribution in [-0.4, -0.2) is 68.1 Å². The van der Waals surface area contributed by atoms with Crippen LogP contribution in [0.3, 0.4) is 0 Å². The van der Waals surface area contributed by atoms with Gasteiger partial charge in [-0.05, 0) is 31.5 Å². The van der Waals surface area contributed by atoms with Gasteiger partial charge in [0.25, 0.3) is 0 Å². The Bertz CT molecular complexity index is 1660. The van der Waals surface area contributed by atoms with Crippen LogP contribution in [0.2, 0.25) is 0 Å². The number of hydrogen-bond acceptors (Lipinski definition) is 11. The lowest BCUT2D eigenvalue weighted by Gasteiger charge is -2.43. The summed E-state index contributed by atoms with van der Waals surface area (Å²) in [6.07, 6.45) is -3.32. The molecule has 1 fully saturated rings. The van der Waals surface area contributed by atoms with Gasteiger partial charge in [-0.2, -0.15) is 0 Å². The molecule has 0 radical (unpaired) electrons. The normalized spacial score (nSPS) is 27.7. The van der Waals surface area contributed by atoms with Gasteiger partial charge in [0.05, 0.1) is 40.1 Å². The fraction of sp³-hybridized carbons (Fsp3) is 0.364. The summed E-state index contributed by atoms with van der Waals surface area (Å²) in [4.78, 5) is 39.7. The van der Waals surface area contributed by atoms with E-state index in [1.54, 1.807) is 44.2 Å². The van der Waals surface area contributed by atoms with Gasteiger partial charge in [-0.15, -0.1) is 0 Å². The molecular formula is C33H33NO10. The van der Waals surface area contributed by atoms with E-state index in [1.807, 2.05) is 0 Å². The monoisotopic (exact) mass is 603 g/mol. The highest BCUT2D eigenvalue weighted by Crippen LogP contribution is 2.52. The van der Waals surface area contributed by atoms with E-state index in [-0.39, 0.29) is 47.9 Å². The molecule has 0 unspecified atom stereocenters. The second-order valence-electron chi connectivity index (χ2n) is 11.7. The minimum Gasteiger partial charge on any atom is -0.507 e. The number of ether oxygens (including phenoxy) is 3. The van der Waals surface area contributed by atoms with E-state index < -0.39 is 82.2 Å². The number of aromatic hydroxyl groups is 3. The highest BCUT2D eigenvalue weighted by molar-refractivity contribution is 6.31. The molecule has 0 saturated carbocycles. The third-order valence-electron chi connectivity index (χ3n) is 8.89. The second-order valence-corrected chi connectivity index (χ2v) is 11.7. The Morgan fingerprint density at radius 1 is 1.00 bits per heavy atom. The fourth-order valence-corrected chi connectivity index (χ4v) is 6.52. The Morgan fingerprint density at radius 2 is 1.70 bits per heavy atom. The first-order valence-corrected chi connectivity index (χ1v) is 14.5. The number of rotatable bonds is 5. The molecule has 230 valence electrons. The maximum Gasteiger partial charge on any atom is 0.338 e. The van der Waals surface area contributed by atoms with Crippen molar-refractivity contribution in [2.45, 2.75) is 75.8 Å². The average molecular weight is 604 g/mol. The standard InChI is InChI=1S/C33H33NO10/c1-3-33(41)13-18-24(30(39)26-25(28(18)37)27(36)17-10-7-11-20(35)23(17)29(26)38)21(14-33)43-22-12-19(34)31(15(2)42-22)44-32(40)16-8-5-4-6-9-16/h4-11,15,19,21-22,31,35,37,39,41H,3,12-14,34H2,1-2H3/t15-,19-,21-,22-,31+,33-/m0/s1. The molecule has 2 aliphatic carbocycles. The van der Waals surface area contributed by atoms with Crippen LogP contribution in [-0.2, 0) is 20.6 Å². The van der Waals surface area contributed by atoms with E-state index in [9.17, 15) is 34.8 Å². The fourth-order valence-electron chi connectivity index (χ4n) is 6.52. The van der Waals surface area contributed by atoms with Crippen LogP contribution in [0.15, 0.2) is 48.5 Å². The van der Waals surface area contributed by atoms with E-state index >= 15 is 0 Å². The number of phenols is 3. The molecule has 11 heteroatoms. The number of benzene rings is 3. The predicted molar refractivity (Wildman–Crippen MR) is 155 cm³/mol. The first-order valence-electron chi connectivity index (χ1n) is 14.5. The number of nitrogens with two attached hydrogens (primary N) is 1. The SMILES string of the molecule is CC[C@]1(O)Cc2c(O)c3c(c(O)c2[C@@H](O[C@H]2C[C@H](N)[C@H](OC(=O)c4ccccc4)[C@H](C)O2)C1)C(=O)c1c(O)cccc1C3=O. The Hall–Kier alpha value is -4.29. The summed E-state index contributed by atoms with van der Waals surface area (Å²) < 4.78 is 18.0. The van der Waals surface area contributed by atoms with Gasteiger partial charge in [0.2, 0.25) is 5.78 Å². The third-order valence-corrected chi connectivity index (χ3v) is 8.89. The number of esters is 1. The largest absolute Gasteiger partial charge is 0.507 e. The molecule has 44 heavy (non-hydrogen) atoms. The number of carbonyl (C=O) groups excluding carboxylic acids is 3. The Labute approximate surface area is 252 Å². The summed E-state index contributed by atoms with van der Waals surface area (Å²) in [5.74, 6) is -3.67. The zero-order chi connectivity index (χ0) is 31.5. The molecule has 11 nitrogen and oxygen atoms in total. The molecule has 0 spiro atoms. The quantitative estimate of drug-likeness (QED) is 0.166. The smallest absolute Gasteiger partial charge is 0.338 e. The van der Waals surface area contributed by atoms with Crippen LogP contribution in [0.1, 0.15) is 92.5 Å². The predicted octanol–water partition coefficient (Wildman–Crippen LogP) is 3.41. The van der Waals surface area contributed by atoms with Crippen molar-refractivity contribution in [2.75, 3.05) is 0 Å². The molecule has 3 aromatic carbocycles. The Morgan fingerprint density at radius 3 is 2.39 bits per heavy atom. The first kappa shape index (κ1) is 29.8. The number of carbonyl (C=O) groups is 3. The molecule has 3 aromatic rings. The van der Waals surface area contributed by atoms with Crippen LogP contribution >= 0.6 is 0 Å². The molecular weight excluding hydrogens is 570 g/mol. The van der Waals surface area contributed by atoms with Crippen molar-refractivity contribution in [3.05, 3.63) is 87.5 Å². The topological polar surface area (TPSA) is 186 Å². The van der Waals surface area contributed by atoms with E-state index in [4.69, 9.17) is 19.9 Å². The lowest BCUT2D eigenvalue weighted by Crippen LogP contribution is -2.54. The Balaban J connectivity index is 1.33. The lowest BCUT2D eigenvalue weighted by atomic mass is 9.72. The molecule has 6 atom stereocenters. The third kappa shape index (κ3) is 4.82. The van der Waals surface area contributed by atoms with Crippen molar-refractivity contribution in [1.82, 2.24) is 0 Å². The molecule has 3 aliphatic rings. The molecule has 1 saturated heterocycles. The number of fused-ring (bicyclic) bond motifs is 3. The van der Waals surface area contributed by atoms with Crippen LogP contribution < -0.4 is 5.73 Å². The first-order chi connectivity index (χ1) is 20.9. The zero-order valence-electron chi connectivity index (χ0n) is 24.1. The molecule has 0 bridgehead atoms. The van der Waals surface area contributed by atoms with Gasteiger partial charge in [-0.25, -0.2) is 4.79 Å². The summed E-state index contributed by atoms with van der Waals surface area (Å²) in [6, 6.07) is 11.8. The molecule has 6 N–H and O–H groups in total. The van der Waals surface area contributed by atoms with Crippen LogP contribution in [0.4, 0.5) is 0 Å². The molecule has 0 amide bonds. The zero-order valence-corrected chi connectivity index (χ0v) is 24.1. The number of aliphatic hydroxyl groups is 1. The van der Waals surface area contributed by atoms with Gasteiger partial charge in [0.1, 0.15) is 23.4 Å². The molecule has 6 rings (SSSR count). The van der Waals surface area contributed by atoms with Gasteiger partial charge >= 0.3 is 5.97 Å². The second kappa shape index (κ2) is 11.0. The van der Waals surface area contributed by atoms with Crippen LogP contribution in [0, 0.1) is 0 Å². The van der Waals surface area contributed by atoms with Crippen molar-refractivity contribution in [3.8, 4) is 17.2 Å². The maximum absolute atomic E-state index is 13.6. The van der Waals surface area contributed by atoms with Crippen molar-refractivity contribution < 1.29 is 49.0 Å². The van der Waals surface area contributed by atoms with E-state index in [1.165, 1.54) is 18.2 Å². The highest BCUT2D eigenvalue weighted by Gasteiger charge is 2.47. The van der Waals surface area contributed by atoms with E-state index in [0.717, 1.165) is 0 Å². The van der Waals surface area contributed by atoms with Crippen molar-refractivity contribution in [2.24, 2.45) is 5.73 Å². The van der Waals surface area contributed by atoms with Gasteiger partial charge in [0.15, 0.2) is 12.1 Å². The summed E-state index contributed by atoms with van der Waals surface area (Å²) >= 11 is 0.